The highest BCUT2D eigenvalue weighted by atomic mass is 35.5. The minimum Gasteiger partial charge on any atom is -0.465 e. The number of benzene rings is 1. The maximum Gasteiger partial charge on any atom is 0.351 e. The van der Waals surface area contributed by atoms with Crippen molar-refractivity contribution in [1.29, 1.82) is 0 Å². The van der Waals surface area contributed by atoms with Gasteiger partial charge in [-0.05, 0) is 30.3 Å². The Morgan fingerprint density at radius 1 is 1.23 bits per heavy atom. The molecule has 0 aliphatic heterocycles. The predicted octanol–water partition coefficient (Wildman–Crippen LogP) is 3.96. The zero-order valence-corrected chi connectivity index (χ0v) is 15.3. The van der Waals surface area contributed by atoms with Gasteiger partial charge in [-0.1, -0.05) is 11.6 Å². The smallest absolute Gasteiger partial charge is 0.351 e. The van der Waals surface area contributed by atoms with E-state index in [2.05, 4.69) is 10.1 Å². The molecular formula is C17H13ClN2O5S. The van der Waals surface area contributed by atoms with Crippen molar-refractivity contribution in [2.75, 3.05) is 24.4 Å². The molecule has 0 spiro atoms. The molecule has 134 valence electrons. The fourth-order valence-corrected chi connectivity index (χ4v) is 3.24. The van der Waals surface area contributed by atoms with Crippen LogP contribution in [0.5, 0.6) is 0 Å². The van der Waals surface area contributed by atoms with Crippen molar-refractivity contribution in [2.24, 2.45) is 0 Å². The number of amides is 2. The Kier molecular flexibility index (Phi) is 4.97. The van der Waals surface area contributed by atoms with E-state index in [1.165, 1.54) is 35.5 Å². The number of ether oxygens (including phenoxy) is 1. The second-order valence-electron chi connectivity index (χ2n) is 5.24. The van der Waals surface area contributed by atoms with Gasteiger partial charge in [-0.15, -0.1) is 11.3 Å². The Hall–Kier alpha value is -2.84. The van der Waals surface area contributed by atoms with Crippen molar-refractivity contribution in [3.05, 3.63) is 57.4 Å². The van der Waals surface area contributed by atoms with Gasteiger partial charge in [-0.25, -0.2) is 14.4 Å². The Morgan fingerprint density at radius 2 is 1.92 bits per heavy atom. The predicted molar refractivity (Wildman–Crippen MR) is 101 cm³/mol. The van der Waals surface area contributed by atoms with Gasteiger partial charge in [0, 0.05) is 23.8 Å². The molecule has 2 heterocycles. The van der Waals surface area contributed by atoms with E-state index in [0.717, 1.165) is 0 Å². The molecule has 0 aliphatic rings. The van der Waals surface area contributed by atoms with Gasteiger partial charge in [0.15, 0.2) is 5.58 Å². The quantitative estimate of drug-likeness (QED) is 0.681. The number of urea groups is 1. The number of halogens is 1. The summed E-state index contributed by atoms with van der Waals surface area (Å²) in [5, 5.41) is 3.76. The Labute approximate surface area is 156 Å². The van der Waals surface area contributed by atoms with E-state index in [0.29, 0.717) is 20.4 Å². The number of hydrogen-bond acceptors (Lipinski definition) is 6. The summed E-state index contributed by atoms with van der Waals surface area (Å²) < 4.78 is 10.2. The first-order valence-corrected chi connectivity index (χ1v) is 8.55. The molecule has 0 radical (unpaired) electrons. The molecule has 0 saturated heterocycles. The summed E-state index contributed by atoms with van der Waals surface area (Å²) in [5.41, 5.74) is -0.0547. The van der Waals surface area contributed by atoms with E-state index in [1.54, 1.807) is 31.3 Å². The fraction of sp³-hybridized carbons (Fsp3) is 0.118. The van der Waals surface area contributed by atoms with E-state index in [9.17, 15) is 14.4 Å². The van der Waals surface area contributed by atoms with Gasteiger partial charge in [0.1, 0.15) is 10.6 Å². The number of esters is 1. The van der Waals surface area contributed by atoms with E-state index in [-0.39, 0.29) is 17.2 Å². The van der Waals surface area contributed by atoms with E-state index < -0.39 is 11.6 Å². The van der Waals surface area contributed by atoms with Crippen LogP contribution in [0.1, 0.15) is 10.4 Å². The second-order valence-corrected chi connectivity index (χ2v) is 6.76. The number of fused-ring (bicyclic) bond motifs is 1. The molecule has 0 atom stereocenters. The van der Waals surface area contributed by atoms with Crippen LogP contribution >= 0.6 is 22.9 Å². The SMILES string of the molecule is COC(=O)c1cc2sc(NC(=O)N(C)c3ccc(Cl)cc3)cc2oc1=O. The molecule has 26 heavy (non-hydrogen) atoms. The van der Waals surface area contributed by atoms with Crippen LogP contribution in [0.4, 0.5) is 15.5 Å². The van der Waals surface area contributed by atoms with E-state index >= 15 is 0 Å². The van der Waals surface area contributed by atoms with Gasteiger partial charge < -0.3 is 9.15 Å². The molecule has 0 bridgehead atoms. The minimum absolute atomic E-state index is 0.196. The first-order chi connectivity index (χ1) is 12.4. The van der Waals surface area contributed by atoms with Crippen LogP contribution < -0.4 is 15.8 Å². The number of anilines is 2. The van der Waals surface area contributed by atoms with Crippen molar-refractivity contribution in [3.63, 3.8) is 0 Å². The number of nitrogens with zero attached hydrogens (tertiary/aromatic N) is 1. The lowest BCUT2D eigenvalue weighted by atomic mass is 10.3. The molecule has 2 amide bonds. The van der Waals surface area contributed by atoms with Gasteiger partial charge in [0.05, 0.1) is 11.8 Å². The van der Waals surface area contributed by atoms with Crippen LogP contribution in [0.2, 0.25) is 5.02 Å². The van der Waals surface area contributed by atoms with E-state index in [1.807, 2.05) is 0 Å². The molecule has 2 aromatic heterocycles. The highest BCUT2D eigenvalue weighted by Crippen LogP contribution is 2.30. The number of rotatable bonds is 3. The van der Waals surface area contributed by atoms with Gasteiger partial charge in [-0.3, -0.25) is 10.2 Å². The average Bonchev–Trinajstić information content (AvgIpc) is 3.01. The average molecular weight is 393 g/mol. The summed E-state index contributed by atoms with van der Waals surface area (Å²) in [6, 6.07) is 9.33. The van der Waals surface area contributed by atoms with Crippen LogP contribution in [0.15, 0.2) is 45.6 Å². The number of thiophene rings is 1. The number of methoxy groups -OCH3 is 1. The summed E-state index contributed by atoms with van der Waals surface area (Å²) in [5.74, 6) is -0.776. The first kappa shape index (κ1) is 18.0. The zero-order chi connectivity index (χ0) is 18.8. The van der Waals surface area contributed by atoms with Crippen LogP contribution in [0.25, 0.3) is 10.3 Å². The molecular weight excluding hydrogens is 380 g/mol. The number of carbonyl (C=O) groups excluding carboxylic acids is 2. The van der Waals surface area contributed by atoms with Gasteiger partial charge >= 0.3 is 17.6 Å². The summed E-state index contributed by atoms with van der Waals surface area (Å²) in [6.07, 6.45) is 0. The second kappa shape index (κ2) is 7.19. The lowest BCUT2D eigenvalue weighted by Gasteiger charge is -2.17. The lowest BCUT2D eigenvalue weighted by Crippen LogP contribution is -2.30. The van der Waals surface area contributed by atoms with Crippen LogP contribution in [-0.2, 0) is 4.74 Å². The van der Waals surface area contributed by atoms with Crippen LogP contribution in [0.3, 0.4) is 0 Å². The monoisotopic (exact) mass is 392 g/mol. The maximum absolute atomic E-state index is 12.4. The molecule has 0 aliphatic carbocycles. The van der Waals surface area contributed by atoms with Crippen molar-refractivity contribution < 1.29 is 18.7 Å². The molecule has 3 rings (SSSR count). The third-order valence-corrected chi connectivity index (χ3v) is 4.81. The number of nitrogens with one attached hydrogen (secondary N) is 1. The standard InChI is InChI=1S/C17H13ClN2O5S/c1-20(10-5-3-9(18)4-6-10)17(23)19-14-8-12-13(26-14)7-11(15(21)24-2)16(22)25-12/h3-8H,1-2H3,(H,19,23). The molecule has 0 unspecified atom stereocenters. The first-order valence-electron chi connectivity index (χ1n) is 7.35. The minimum atomic E-state index is -0.793. The molecule has 1 aromatic carbocycles. The summed E-state index contributed by atoms with van der Waals surface area (Å²) in [4.78, 5) is 37.2. The van der Waals surface area contributed by atoms with Crippen LogP contribution in [-0.4, -0.2) is 26.2 Å². The highest BCUT2D eigenvalue weighted by molar-refractivity contribution is 7.22. The lowest BCUT2D eigenvalue weighted by molar-refractivity contribution is 0.0596. The largest absolute Gasteiger partial charge is 0.465 e. The van der Waals surface area contributed by atoms with Crippen molar-refractivity contribution in [1.82, 2.24) is 0 Å². The number of hydrogen-bond donors (Lipinski definition) is 1. The Balaban J connectivity index is 1.84. The van der Waals surface area contributed by atoms with Crippen molar-refractivity contribution >= 4 is 55.9 Å². The van der Waals surface area contributed by atoms with Gasteiger partial charge in [0.2, 0.25) is 0 Å². The normalized spacial score (nSPS) is 10.6. The summed E-state index contributed by atoms with van der Waals surface area (Å²) >= 11 is 7.01. The maximum atomic E-state index is 12.4. The fourth-order valence-electron chi connectivity index (χ4n) is 2.20. The van der Waals surface area contributed by atoms with E-state index in [4.69, 9.17) is 16.0 Å². The number of carbonyl (C=O) groups is 2. The molecule has 7 nitrogen and oxygen atoms in total. The van der Waals surface area contributed by atoms with Crippen molar-refractivity contribution in [2.45, 2.75) is 0 Å². The summed E-state index contributed by atoms with van der Waals surface area (Å²) in [6.45, 7) is 0. The van der Waals surface area contributed by atoms with Crippen LogP contribution in [0, 0.1) is 0 Å². The molecule has 9 heteroatoms. The Morgan fingerprint density at radius 3 is 2.58 bits per heavy atom. The van der Waals surface area contributed by atoms with Gasteiger partial charge in [-0.2, -0.15) is 0 Å². The molecule has 0 saturated carbocycles. The third kappa shape index (κ3) is 3.56. The molecule has 3 aromatic rings. The third-order valence-electron chi connectivity index (χ3n) is 3.58. The topological polar surface area (TPSA) is 88.8 Å². The molecule has 1 N–H and O–H groups in total. The highest BCUT2D eigenvalue weighted by Gasteiger charge is 2.17. The molecule has 0 fully saturated rings. The van der Waals surface area contributed by atoms with Crippen molar-refractivity contribution in [3.8, 4) is 0 Å². The van der Waals surface area contributed by atoms with Gasteiger partial charge in [0.25, 0.3) is 0 Å². The Bertz CT molecular complexity index is 1040. The summed E-state index contributed by atoms with van der Waals surface area (Å²) in [7, 11) is 2.79. The zero-order valence-electron chi connectivity index (χ0n) is 13.7.